The number of nitrogens with one attached hydrogen (secondary N) is 2. The predicted molar refractivity (Wildman–Crippen MR) is 334 cm³/mol. The number of rotatable bonds is 9. The van der Waals surface area contributed by atoms with Crippen molar-refractivity contribution in [2.45, 2.75) is 215 Å². The third-order valence-corrected chi connectivity index (χ3v) is 22.8. The summed E-state index contributed by atoms with van der Waals surface area (Å²) >= 11 is 0. The van der Waals surface area contributed by atoms with Crippen molar-refractivity contribution >= 4 is 24.0 Å². The number of benzene rings is 3. The van der Waals surface area contributed by atoms with E-state index in [1.165, 1.54) is 119 Å². The van der Waals surface area contributed by atoms with Crippen LogP contribution in [-0.4, -0.2) is 145 Å². The lowest BCUT2D eigenvalue weighted by atomic mass is 9.73. The maximum atomic E-state index is 12.3. The molecule has 6 saturated heterocycles. The number of piperidine rings is 5. The van der Waals surface area contributed by atoms with Crippen LogP contribution in [0.15, 0.2) is 72.8 Å². The zero-order valence-corrected chi connectivity index (χ0v) is 51.4. The molecule has 0 radical (unpaired) electrons. The lowest BCUT2D eigenvalue weighted by Gasteiger charge is -2.47. The van der Waals surface area contributed by atoms with Crippen LogP contribution in [0.5, 0.6) is 0 Å². The van der Waals surface area contributed by atoms with Gasteiger partial charge in [0.15, 0.2) is 6.61 Å². The molecule has 4 atom stereocenters. The van der Waals surface area contributed by atoms with Gasteiger partial charge < -0.3 is 44.6 Å². The number of nitrogens with zero attached hydrogens (tertiary/aromatic N) is 5. The SMILES string of the molecule is C#CCOC(=O)N1CCC(CN2CCC3(CC2)C[C@H](NC(C)=O)c2ccccc23)CC1.CCC1CCC(N2CCC3(CC2)C[C@H](NC(C)=O)c2ccccc23)CC1.CCOC(=O)N1C2CCC1CC(N1CCC3(CCc4ccccc43)CC1)C2.[HH]. The molecule has 3 aromatic rings. The number of ether oxygens (including phenoxy) is 2. The fourth-order valence-electron chi connectivity index (χ4n) is 18.3. The van der Waals surface area contributed by atoms with Gasteiger partial charge in [-0.05, 0) is 225 Å². The minimum absolute atomic E-state index is 0. The Morgan fingerprint density at radius 1 is 0.560 bits per heavy atom. The van der Waals surface area contributed by atoms with Crippen molar-refractivity contribution in [3.8, 4) is 12.3 Å². The van der Waals surface area contributed by atoms with E-state index in [0.29, 0.717) is 36.1 Å². The van der Waals surface area contributed by atoms with Gasteiger partial charge in [-0.3, -0.25) is 9.59 Å². The van der Waals surface area contributed by atoms with E-state index in [2.05, 4.69) is 116 Å². The number of amides is 4. The largest absolute Gasteiger partial charge is 0.450 e. The van der Waals surface area contributed by atoms with Crippen LogP contribution in [0.25, 0.3) is 0 Å². The Bertz CT molecular complexity index is 2780. The highest BCUT2D eigenvalue weighted by molar-refractivity contribution is 5.74. The van der Waals surface area contributed by atoms with Crippen LogP contribution in [0, 0.1) is 24.2 Å². The van der Waals surface area contributed by atoms with E-state index < -0.39 is 0 Å². The molecule has 13 heteroatoms. The predicted octanol–water partition coefficient (Wildman–Crippen LogP) is 12.0. The van der Waals surface area contributed by atoms with Gasteiger partial charge in [0.2, 0.25) is 11.8 Å². The second-order valence-electron chi connectivity index (χ2n) is 27.3. The minimum Gasteiger partial charge on any atom is -0.450 e. The topological polar surface area (TPSA) is 127 Å². The summed E-state index contributed by atoms with van der Waals surface area (Å²) in [5.74, 6) is 4.07. The van der Waals surface area contributed by atoms with Crippen molar-refractivity contribution in [3.05, 3.63) is 106 Å². The van der Waals surface area contributed by atoms with Crippen LogP contribution in [0.4, 0.5) is 9.59 Å². The van der Waals surface area contributed by atoms with Crippen LogP contribution in [0.1, 0.15) is 203 Å². The van der Waals surface area contributed by atoms with Gasteiger partial charge in [0.05, 0.1) is 18.7 Å². The summed E-state index contributed by atoms with van der Waals surface area (Å²) in [5.41, 5.74) is 9.74. The van der Waals surface area contributed by atoms with Crippen molar-refractivity contribution in [1.82, 2.24) is 35.1 Å². The number of likely N-dealkylation sites (tertiary alicyclic amines) is 4. The number of hydrogen-bond donors (Lipinski definition) is 2. The molecule has 10 aliphatic rings. The molecule has 2 unspecified atom stereocenters. The number of terminal acetylenes is 1. The third kappa shape index (κ3) is 13.0. The van der Waals surface area contributed by atoms with E-state index in [4.69, 9.17) is 15.9 Å². The van der Waals surface area contributed by atoms with Gasteiger partial charge in [0, 0.05) is 69.9 Å². The minimum atomic E-state index is -0.287. The van der Waals surface area contributed by atoms with Crippen LogP contribution in [0.3, 0.4) is 0 Å². The highest BCUT2D eigenvalue weighted by atomic mass is 16.6. The lowest BCUT2D eigenvalue weighted by molar-refractivity contribution is -0.120. The Balaban J connectivity index is 0.000000141. The normalized spacial score (nSPS) is 28.4. The van der Waals surface area contributed by atoms with Gasteiger partial charge in [0.1, 0.15) is 0 Å². The molecule has 6 heterocycles. The summed E-state index contributed by atoms with van der Waals surface area (Å²) in [6.45, 7) is 17.7. The molecule has 0 aromatic heterocycles. The Kier molecular flexibility index (Phi) is 19.1. The Labute approximate surface area is 504 Å². The maximum absolute atomic E-state index is 12.3. The smallest absolute Gasteiger partial charge is 0.410 e. The van der Waals surface area contributed by atoms with Gasteiger partial charge in [0.25, 0.3) is 0 Å². The van der Waals surface area contributed by atoms with Crippen LogP contribution in [-0.2, 0) is 41.7 Å². The van der Waals surface area contributed by atoms with Crippen LogP contribution < -0.4 is 10.6 Å². The molecule has 4 aliphatic carbocycles. The zero-order chi connectivity index (χ0) is 58.4. The second-order valence-corrected chi connectivity index (χ2v) is 27.3. The summed E-state index contributed by atoms with van der Waals surface area (Å²) in [6, 6.07) is 29.2. The summed E-state index contributed by atoms with van der Waals surface area (Å²) in [7, 11) is 0. The fourth-order valence-corrected chi connectivity index (χ4v) is 18.3. The standard InChI is InChI=1S/C25H33N3O3.C23H32N2O2.C23H34N2O.H2/c1-3-16-31-24(30)28-12-8-20(9-13-28)18-27-14-10-25(11-15-27)17-23(26-19(2)29)21-6-4-5-7-22(21)25;1-2-27-22(26)25-18-7-8-19(25)16-20(15-18)24-13-11-23(12-14-24)10-9-17-5-3-4-6-21(17)23;1-3-18-8-10-19(11-9-18)25-14-12-23(13-15-25)16-22(24-17(2)26)20-6-4-5-7-21(20)23;/h1,4-7,20,23H,8-18H2,2H3,(H,26,29);3-6,18-20H,2,7-16H2,1H3;4-7,18-19,22H,3,8-16H2,1-2H3,(H,24,26);1H/t23-;;18?,19?,22-;/m0.0./s1. The van der Waals surface area contributed by atoms with Crippen LogP contribution in [0.2, 0.25) is 0 Å². The molecule has 6 aliphatic heterocycles. The molecular formula is C71H101N7O6. The first-order chi connectivity index (χ1) is 40.8. The van der Waals surface area contributed by atoms with Crippen molar-refractivity contribution in [1.29, 1.82) is 0 Å². The van der Waals surface area contributed by atoms with Crippen molar-refractivity contribution in [3.63, 3.8) is 0 Å². The molecule has 3 aromatic carbocycles. The molecule has 3 spiro atoms. The average molecular weight is 1150 g/mol. The average Bonchev–Trinajstić information content (AvgIpc) is 2.28. The Morgan fingerprint density at radius 3 is 1.60 bits per heavy atom. The van der Waals surface area contributed by atoms with E-state index in [1.807, 2.05) is 6.92 Å². The molecule has 4 amide bonds. The first kappa shape index (κ1) is 60.3. The van der Waals surface area contributed by atoms with E-state index in [9.17, 15) is 19.2 Å². The molecule has 7 fully saturated rings. The molecular weight excluding hydrogens is 1050 g/mol. The number of hydrogen-bond acceptors (Lipinski definition) is 9. The van der Waals surface area contributed by atoms with Gasteiger partial charge in [-0.2, -0.15) is 0 Å². The highest BCUT2D eigenvalue weighted by Crippen LogP contribution is 2.53. The molecule has 84 heavy (non-hydrogen) atoms. The van der Waals surface area contributed by atoms with Gasteiger partial charge >= 0.3 is 12.2 Å². The highest BCUT2D eigenvalue weighted by Gasteiger charge is 2.50. The number of aryl methyl sites for hydroxylation is 1. The molecule has 13 rings (SSSR count). The summed E-state index contributed by atoms with van der Waals surface area (Å²) in [5, 5.41) is 6.37. The number of carbonyl (C=O) groups excluding carboxylic acids is 4. The van der Waals surface area contributed by atoms with Crippen molar-refractivity contribution < 1.29 is 30.1 Å². The number of fused-ring (bicyclic) bond motifs is 8. The Morgan fingerprint density at radius 2 is 1.06 bits per heavy atom. The Hall–Kier alpha value is -5.42. The summed E-state index contributed by atoms with van der Waals surface area (Å²) in [4.78, 5) is 59.6. The van der Waals surface area contributed by atoms with Crippen LogP contribution >= 0.6 is 0 Å². The lowest BCUT2D eigenvalue weighted by Crippen LogP contribution is -2.55. The van der Waals surface area contributed by atoms with Crippen molar-refractivity contribution in [2.75, 3.05) is 72.1 Å². The monoisotopic (exact) mass is 1150 g/mol. The second kappa shape index (κ2) is 26.7. The first-order valence-electron chi connectivity index (χ1n) is 33.1. The molecule has 2 bridgehead atoms. The third-order valence-electron chi connectivity index (χ3n) is 22.8. The quantitative estimate of drug-likeness (QED) is 0.201. The molecule has 456 valence electrons. The fraction of sp³-hybridized carbons (Fsp3) is 0.662. The molecule has 13 nitrogen and oxygen atoms in total. The molecule has 1 saturated carbocycles. The van der Waals surface area contributed by atoms with E-state index in [-0.39, 0.29) is 54.9 Å². The summed E-state index contributed by atoms with van der Waals surface area (Å²) < 4.78 is 10.4. The molecule has 2 N–H and O–H groups in total. The van der Waals surface area contributed by atoms with E-state index >= 15 is 0 Å². The van der Waals surface area contributed by atoms with Gasteiger partial charge in [-0.1, -0.05) is 92.1 Å². The van der Waals surface area contributed by atoms with Gasteiger partial charge in [-0.25, -0.2) is 9.59 Å². The zero-order valence-electron chi connectivity index (χ0n) is 51.4. The van der Waals surface area contributed by atoms with E-state index in [0.717, 1.165) is 109 Å². The van der Waals surface area contributed by atoms with Crippen molar-refractivity contribution in [2.24, 2.45) is 11.8 Å². The number of carbonyl (C=O) groups is 4. The van der Waals surface area contributed by atoms with E-state index in [1.54, 1.807) is 29.9 Å². The first-order valence-corrected chi connectivity index (χ1v) is 33.1. The van der Waals surface area contributed by atoms with Gasteiger partial charge in [-0.15, -0.1) is 6.42 Å². The summed E-state index contributed by atoms with van der Waals surface area (Å²) in [6.07, 6.45) is 30.5. The maximum Gasteiger partial charge on any atom is 0.410 e.